The van der Waals surface area contributed by atoms with E-state index in [2.05, 4.69) is 35.7 Å². The molecule has 0 radical (unpaired) electrons. The number of nitrogens with one attached hydrogen (secondary N) is 1. The fourth-order valence-electron chi connectivity index (χ4n) is 2.67. The van der Waals surface area contributed by atoms with Crippen LogP contribution in [0.15, 0.2) is 47.2 Å². The zero-order valence-electron chi connectivity index (χ0n) is 8.29. The maximum Gasteiger partial charge on any atom is 0.0215 e. The van der Waals surface area contributed by atoms with Crippen LogP contribution in [0.2, 0.25) is 0 Å². The highest BCUT2D eigenvalue weighted by Crippen LogP contribution is 2.38. The van der Waals surface area contributed by atoms with Gasteiger partial charge in [-0.15, -0.1) is 0 Å². The van der Waals surface area contributed by atoms with Crippen molar-refractivity contribution < 1.29 is 0 Å². The molecule has 0 aromatic carbocycles. The zero-order chi connectivity index (χ0) is 9.38. The molecular formula is C13H15N. The Labute approximate surface area is 84.9 Å². The van der Waals surface area contributed by atoms with Crippen LogP contribution in [-0.4, -0.2) is 6.54 Å². The summed E-state index contributed by atoms with van der Waals surface area (Å²) < 4.78 is 0. The average molecular weight is 185 g/mol. The van der Waals surface area contributed by atoms with Crippen molar-refractivity contribution in [2.24, 2.45) is 5.92 Å². The van der Waals surface area contributed by atoms with Crippen LogP contribution in [0.25, 0.3) is 0 Å². The highest BCUT2D eigenvalue weighted by molar-refractivity contribution is 5.50. The van der Waals surface area contributed by atoms with Crippen LogP contribution in [0.4, 0.5) is 0 Å². The Morgan fingerprint density at radius 1 is 1.14 bits per heavy atom. The van der Waals surface area contributed by atoms with E-state index in [1.165, 1.54) is 36.1 Å². The first-order valence-corrected chi connectivity index (χ1v) is 5.47. The standard InChI is InChI=1S/C13H15N/c1-2-4-10-6-7-11-8-9-14-13(11)12(10)5-3-1/h1-5,11,14H,6-9H2. The molecule has 1 N–H and O–H groups in total. The van der Waals surface area contributed by atoms with E-state index in [0.717, 1.165) is 12.5 Å². The topological polar surface area (TPSA) is 12.0 Å². The van der Waals surface area contributed by atoms with Crippen molar-refractivity contribution in [3.8, 4) is 0 Å². The smallest absolute Gasteiger partial charge is 0.0215 e. The minimum absolute atomic E-state index is 0.810. The molecule has 0 aromatic heterocycles. The SMILES string of the molecule is C1=CC=C2CCC3CCNC3=C2C=C1. The van der Waals surface area contributed by atoms with E-state index in [1.807, 2.05) is 0 Å². The molecule has 1 fully saturated rings. The molecule has 1 unspecified atom stereocenters. The fraction of sp³-hybridized carbons (Fsp3) is 0.385. The van der Waals surface area contributed by atoms with Crippen LogP contribution in [0.5, 0.6) is 0 Å². The Hall–Kier alpha value is -1.24. The summed E-state index contributed by atoms with van der Waals surface area (Å²) in [5.41, 5.74) is 4.47. The van der Waals surface area contributed by atoms with Crippen molar-refractivity contribution in [3.05, 3.63) is 47.2 Å². The van der Waals surface area contributed by atoms with Crippen LogP contribution in [-0.2, 0) is 0 Å². The average Bonchev–Trinajstić information content (AvgIpc) is 2.55. The molecule has 0 bridgehead atoms. The van der Waals surface area contributed by atoms with Gasteiger partial charge in [0.2, 0.25) is 0 Å². The van der Waals surface area contributed by atoms with Gasteiger partial charge >= 0.3 is 0 Å². The molecule has 0 aromatic rings. The second-order valence-corrected chi connectivity index (χ2v) is 4.21. The van der Waals surface area contributed by atoms with Gasteiger partial charge in [0.25, 0.3) is 0 Å². The summed E-state index contributed by atoms with van der Waals surface area (Å²) in [4.78, 5) is 0. The fourth-order valence-corrected chi connectivity index (χ4v) is 2.67. The monoisotopic (exact) mass is 185 g/mol. The summed E-state index contributed by atoms with van der Waals surface area (Å²) in [5, 5.41) is 3.55. The molecule has 0 saturated carbocycles. The molecule has 2 aliphatic carbocycles. The first kappa shape index (κ1) is 8.10. The van der Waals surface area contributed by atoms with Gasteiger partial charge in [0, 0.05) is 18.2 Å². The van der Waals surface area contributed by atoms with Crippen LogP contribution in [0.1, 0.15) is 19.3 Å². The molecule has 1 saturated heterocycles. The first-order chi connectivity index (χ1) is 6.95. The summed E-state index contributed by atoms with van der Waals surface area (Å²) >= 11 is 0. The van der Waals surface area contributed by atoms with Crippen LogP contribution < -0.4 is 5.32 Å². The van der Waals surface area contributed by atoms with Crippen molar-refractivity contribution >= 4 is 0 Å². The lowest BCUT2D eigenvalue weighted by Gasteiger charge is -2.23. The quantitative estimate of drug-likeness (QED) is 0.612. The molecule has 3 rings (SSSR count). The van der Waals surface area contributed by atoms with Crippen LogP contribution in [0, 0.1) is 5.92 Å². The minimum Gasteiger partial charge on any atom is -0.388 e. The third-order valence-electron chi connectivity index (χ3n) is 3.40. The summed E-state index contributed by atoms with van der Waals surface area (Å²) in [6, 6.07) is 0. The normalized spacial score (nSPS) is 29.1. The van der Waals surface area contributed by atoms with E-state index in [-0.39, 0.29) is 0 Å². The molecule has 1 aliphatic heterocycles. The van der Waals surface area contributed by atoms with E-state index >= 15 is 0 Å². The summed E-state index contributed by atoms with van der Waals surface area (Å²) in [7, 11) is 0. The zero-order valence-corrected chi connectivity index (χ0v) is 8.29. The van der Waals surface area contributed by atoms with Gasteiger partial charge in [-0.25, -0.2) is 0 Å². The maximum absolute atomic E-state index is 3.55. The van der Waals surface area contributed by atoms with Crippen molar-refractivity contribution in [1.82, 2.24) is 5.32 Å². The van der Waals surface area contributed by atoms with Gasteiger partial charge in [-0.2, -0.15) is 0 Å². The van der Waals surface area contributed by atoms with E-state index in [1.54, 1.807) is 0 Å². The van der Waals surface area contributed by atoms with Crippen LogP contribution >= 0.6 is 0 Å². The Morgan fingerprint density at radius 2 is 2.14 bits per heavy atom. The first-order valence-electron chi connectivity index (χ1n) is 5.47. The van der Waals surface area contributed by atoms with Gasteiger partial charge in [-0.1, -0.05) is 30.4 Å². The van der Waals surface area contributed by atoms with Gasteiger partial charge in [0.1, 0.15) is 0 Å². The van der Waals surface area contributed by atoms with Gasteiger partial charge in [-0.05, 0) is 30.4 Å². The number of hydrogen-bond acceptors (Lipinski definition) is 1. The Bertz CT molecular complexity index is 369. The molecule has 72 valence electrons. The summed E-state index contributed by atoms with van der Waals surface area (Å²) in [6.45, 7) is 1.16. The Kier molecular flexibility index (Phi) is 1.83. The predicted octanol–water partition coefficient (Wildman–Crippen LogP) is 2.70. The van der Waals surface area contributed by atoms with E-state index in [0.29, 0.717) is 0 Å². The maximum atomic E-state index is 3.55. The molecule has 0 spiro atoms. The number of fused-ring (bicyclic) bond motifs is 2. The minimum atomic E-state index is 0.810. The van der Waals surface area contributed by atoms with E-state index < -0.39 is 0 Å². The Balaban J connectivity index is 2.11. The van der Waals surface area contributed by atoms with E-state index in [9.17, 15) is 0 Å². The van der Waals surface area contributed by atoms with Crippen molar-refractivity contribution in [1.29, 1.82) is 0 Å². The van der Waals surface area contributed by atoms with Gasteiger partial charge < -0.3 is 5.32 Å². The van der Waals surface area contributed by atoms with Gasteiger partial charge in [0.05, 0.1) is 0 Å². The highest BCUT2D eigenvalue weighted by atomic mass is 14.9. The second-order valence-electron chi connectivity index (χ2n) is 4.21. The van der Waals surface area contributed by atoms with Gasteiger partial charge in [-0.3, -0.25) is 0 Å². The second kappa shape index (κ2) is 3.16. The Morgan fingerprint density at radius 3 is 3.14 bits per heavy atom. The molecular weight excluding hydrogens is 170 g/mol. The predicted molar refractivity (Wildman–Crippen MR) is 58.7 cm³/mol. The lowest BCUT2D eigenvalue weighted by molar-refractivity contribution is 0.561. The van der Waals surface area contributed by atoms with Crippen molar-refractivity contribution in [2.75, 3.05) is 6.54 Å². The van der Waals surface area contributed by atoms with Crippen molar-refractivity contribution in [3.63, 3.8) is 0 Å². The molecule has 1 nitrogen and oxygen atoms in total. The summed E-state index contributed by atoms with van der Waals surface area (Å²) in [6.07, 6.45) is 14.8. The van der Waals surface area contributed by atoms with Crippen LogP contribution in [0.3, 0.4) is 0 Å². The number of rotatable bonds is 0. The largest absolute Gasteiger partial charge is 0.388 e. The molecule has 14 heavy (non-hydrogen) atoms. The third-order valence-corrected chi connectivity index (χ3v) is 3.40. The lowest BCUT2D eigenvalue weighted by Crippen LogP contribution is -2.15. The highest BCUT2D eigenvalue weighted by Gasteiger charge is 2.28. The molecule has 1 heterocycles. The molecule has 3 aliphatic rings. The lowest BCUT2D eigenvalue weighted by atomic mass is 9.84. The van der Waals surface area contributed by atoms with Crippen molar-refractivity contribution in [2.45, 2.75) is 19.3 Å². The molecule has 0 amide bonds. The van der Waals surface area contributed by atoms with E-state index in [4.69, 9.17) is 0 Å². The number of hydrogen-bond donors (Lipinski definition) is 1. The van der Waals surface area contributed by atoms with Gasteiger partial charge in [0.15, 0.2) is 0 Å². The molecule has 1 heteroatoms. The molecule has 1 atom stereocenters. The summed E-state index contributed by atoms with van der Waals surface area (Å²) in [5.74, 6) is 0.810. The number of allylic oxidation sites excluding steroid dienone is 8. The third kappa shape index (κ3) is 1.16.